The van der Waals surface area contributed by atoms with E-state index in [2.05, 4.69) is 9.36 Å². The molecular formula is C18H14F3N3O4S2. The third-order valence-electron chi connectivity index (χ3n) is 4.09. The summed E-state index contributed by atoms with van der Waals surface area (Å²) >= 11 is 0.772. The summed E-state index contributed by atoms with van der Waals surface area (Å²) < 4.78 is 70.4. The minimum Gasteiger partial charge on any atom is -0.497 e. The van der Waals surface area contributed by atoms with Gasteiger partial charge in [-0.05, 0) is 24.3 Å². The van der Waals surface area contributed by atoms with Gasteiger partial charge in [0.25, 0.3) is 0 Å². The molecule has 0 amide bonds. The Morgan fingerprint density at radius 3 is 2.50 bits per heavy atom. The lowest BCUT2D eigenvalue weighted by Gasteiger charge is -2.25. The number of ether oxygens (including phenoxy) is 2. The van der Waals surface area contributed by atoms with Crippen LogP contribution in [0.2, 0.25) is 0 Å². The first kappa shape index (κ1) is 21.6. The molecule has 3 aromatic rings. The van der Waals surface area contributed by atoms with E-state index in [0.717, 1.165) is 28.2 Å². The molecule has 2 aromatic carbocycles. The molecule has 0 aliphatic heterocycles. The summed E-state index contributed by atoms with van der Waals surface area (Å²) in [5, 5.41) is 1.28. The third kappa shape index (κ3) is 3.84. The summed E-state index contributed by atoms with van der Waals surface area (Å²) in [6.07, 6.45) is 1.14. The average molecular weight is 457 g/mol. The molecule has 0 N–H and O–H groups in total. The molecule has 0 aliphatic rings. The fraction of sp³-hybridized carbons (Fsp3) is 0.167. The van der Waals surface area contributed by atoms with E-state index in [9.17, 15) is 22.2 Å². The largest absolute Gasteiger partial charge is 0.497 e. The zero-order valence-electron chi connectivity index (χ0n) is 15.6. The van der Waals surface area contributed by atoms with E-state index in [1.165, 1.54) is 19.5 Å². The van der Waals surface area contributed by atoms with Crippen molar-refractivity contribution >= 4 is 31.6 Å². The van der Waals surface area contributed by atoms with E-state index in [-0.39, 0.29) is 11.7 Å². The fourth-order valence-electron chi connectivity index (χ4n) is 2.61. The summed E-state index contributed by atoms with van der Waals surface area (Å²) in [6.45, 7) is -0.269. The van der Waals surface area contributed by atoms with Crippen molar-refractivity contribution in [3.8, 4) is 11.5 Å². The number of methoxy groups -OCH3 is 2. The molecule has 0 radical (unpaired) electrons. The lowest BCUT2D eigenvalue weighted by Crippen LogP contribution is -2.32. The SMILES string of the molecule is COc1ccc(CN(c2ncns2)S(=O)(=C=O)c2ccc(F)c(F)c2F)c(OC)c1. The number of hydrogen-bond acceptors (Lipinski definition) is 7. The lowest BCUT2D eigenvalue weighted by molar-refractivity contribution is 0.391. The van der Waals surface area contributed by atoms with Crippen molar-refractivity contribution in [2.75, 3.05) is 18.5 Å². The van der Waals surface area contributed by atoms with E-state index >= 15 is 0 Å². The first-order valence-corrected chi connectivity index (χ1v) is 10.5. The number of hydrogen-bond donors (Lipinski definition) is 0. The Morgan fingerprint density at radius 2 is 1.90 bits per heavy atom. The Hall–Kier alpha value is -3.08. The quantitative estimate of drug-likeness (QED) is 0.400. The van der Waals surface area contributed by atoms with Crippen LogP contribution in [0.1, 0.15) is 5.56 Å². The van der Waals surface area contributed by atoms with Crippen molar-refractivity contribution in [2.45, 2.75) is 11.4 Å². The van der Waals surface area contributed by atoms with Crippen molar-refractivity contribution in [1.82, 2.24) is 9.36 Å². The average Bonchev–Trinajstić information content (AvgIpc) is 3.29. The van der Waals surface area contributed by atoms with Crippen LogP contribution in [0, 0.1) is 17.5 Å². The van der Waals surface area contributed by atoms with E-state index in [0.29, 0.717) is 23.1 Å². The van der Waals surface area contributed by atoms with Gasteiger partial charge in [0.1, 0.15) is 17.8 Å². The van der Waals surface area contributed by atoms with Gasteiger partial charge in [-0.2, -0.15) is 4.37 Å². The summed E-state index contributed by atoms with van der Waals surface area (Å²) in [5.41, 5.74) is 0.430. The summed E-state index contributed by atoms with van der Waals surface area (Å²) in [6, 6.07) is 6.05. The van der Waals surface area contributed by atoms with E-state index in [1.807, 2.05) is 0 Å². The zero-order chi connectivity index (χ0) is 21.9. The molecule has 3 rings (SSSR count). The van der Waals surface area contributed by atoms with Gasteiger partial charge in [-0.25, -0.2) is 27.2 Å². The smallest absolute Gasteiger partial charge is 0.217 e. The van der Waals surface area contributed by atoms with Crippen LogP contribution >= 0.6 is 11.5 Å². The molecule has 0 fully saturated rings. The molecule has 0 saturated heterocycles. The van der Waals surface area contributed by atoms with Gasteiger partial charge in [0.05, 0.1) is 25.7 Å². The van der Waals surface area contributed by atoms with Gasteiger partial charge in [-0.1, -0.05) is 0 Å². The molecule has 0 bridgehead atoms. The second-order valence-corrected chi connectivity index (χ2v) is 8.58. The molecule has 0 saturated carbocycles. The Balaban J connectivity index is 2.19. The maximum atomic E-state index is 14.5. The van der Waals surface area contributed by atoms with Crippen LogP contribution in [-0.2, 0) is 21.0 Å². The number of anilines is 1. The Kier molecular flexibility index (Phi) is 6.30. The van der Waals surface area contributed by atoms with Crippen LogP contribution in [0.5, 0.6) is 11.5 Å². The molecular weight excluding hydrogens is 443 g/mol. The topological polar surface area (TPSA) is 81.6 Å². The van der Waals surface area contributed by atoms with Crippen LogP contribution in [0.4, 0.5) is 18.3 Å². The number of halogens is 3. The Morgan fingerprint density at radius 1 is 1.13 bits per heavy atom. The predicted octanol–water partition coefficient (Wildman–Crippen LogP) is 3.30. The minimum atomic E-state index is -4.21. The molecule has 1 heterocycles. The Labute approximate surface area is 174 Å². The highest BCUT2D eigenvalue weighted by atomic mass is 32.2. The summed E-state index contributed by atoms with van der Waals surface area (Å²) in [7, 11) is -1.36. The number of rotatable bonds is 7. The van der Waals surface area contributed by atoms with Gasteiger partial charge in [0, 0.05) is 23.2 Å². The fourth-order valence-corrected chi connectivity index (χ4v) is 5.06. The number of carbonyl (C=O) groups excluding carboxylic acids is 1. The molecule has 12 heteroatoms. The van der Waals surface area contributed by atoms with E-state index in [1.54, 1.807) is 18.2 Å². The molecule has 0 aliphatic carbocycles. The van der Waals surface area contributed by atoms with Crippen molar-refractivity contribution in [2.24, 2.45) is 0 Å². The normalized spacial score (nSPS) is 12.7. The second kappa shape index (κ2) is 8.74. The first-order chi connectivity index (χ1) is 14.3. The number of aromatic nitrogens is 2. The van der Waals surface area contributed by atoms with Gasteiger partial charge >= 0.3 is 0 Å². The summed E-state index contributed by atoms with van der Waals surface area (Å²) in [4.78, 5) is 14.9. The molecule has 158 valence electrons. The van der Waals surface area contributed by atoms with Gasteiger partial charge < -0.3 is 9.47 Å². The van der Waals surface area contributed by atoms with Crippen molar-refractivity contribution in [1.29, 1.82) is 0 Å². The van der Waals surface area contributed by atoms with Crippen LogP contribution in [0.3, 0.4) is 0 Å². The first-order valence-electron chi connectivity index (χ1n) is 8.17. The van der Waals surface area contributed by atoms with Gasteiger partial charge in [-0.15, -0.1) is 0 Å². The summed E-state index contributed by atoms with van der Waals surface area (Å²) in [5.74, 6) is -4.29. The Bertz CT molecular complexity index is 1210. The molecule has 1 aromatic heterocycles. The molecule has 1 unspecified atom stereocenters. The monoisotopic (exact) mass is 457 g/mol. The van der Waals surface area contributed by atoms with Gasteiger partial charge in [0.2, 0.25) is 10.4 Å². The standard InChI is InChI=1S/C18H14F3N3O4S2/c1-27-12-4-3-11(14(7-12)28-2)8-24(18-22-9-23-29-18)30(26,10-25)15-6-5-13(19)16(20)17(15)21/h3-7,9H,8H2,1-2H3. The molecule has 30 heavy (non-hydrogen) atoms. The third-order valence-corrected chi connectivity index (χ3v) is 6.96. The van der Waals surface area contributed by atoms with E-state index in [4.69, 9.17) is 9.47 Å². The second-order valence-electron chi connectivity index (χ2n) is 5.72. The van der Waals surface area contributed by atoms with Crippen LogP contribution in [-0.4, -0.2) is 33.0 Å². The van der Waals surface area contributed by atoms with Crippen molar-refractivity contribution < 1.29 is 31.6 Å². The highest BCUT2D eigenvalue weighted by Gasteiger charge is 2.31. The van der Waals surface area contributed by atoms with E-state index < -0.39 is 32.1 Å². The van der Waals surface area contributed by atoms with Crippen LogP contribution < -0.4 is 13.8 Å². The lowest BCUT2D eigenvalue weighted by atomic mass is 10.2. The van der Waals surface area contributed by atoms with Crippen LogP contribution in [0.15, 0.2) is 41.6 Å². The van der Waals surface area contributed by atoms with Crippen LogP contribution in [0.25, 0.3) is 0 Å². The molecule has 1 atom stereocenters. The number of nitrogens with zero attached hydrogens (tertiary/aromatic N) is 3. The maximum absolute atomic E-state index is 14.5. The van der Waals surface area contributed by atoms with Crippen molar-refractivity contribution in [3.05, 3.63) is 59.7 Å². The van der Waals surface area contributed by atoms with Gasteiger partial charge in [-0.3, -0.25) is 4.31 Å². The minimum absolute atomic E-state index is 0.0228. The zero-order valence-corrected chi connectivity index (χ0v) is 17.2. The molecule has 7 nitrogen and oxygen atoms in total. The van der Waals surface area contributed by atoms with Gasteiger partial charge in [0.15, 0.2) is 27.2 Å². The molecule has 0 spiro atoms. The predicted molar refractivity (Wildman–Crippen MR) is 104 cm³/mol. The van der Waals surface area contributed by atoms with Crippen molar-refractivity contribution in [3.63, 3.8) is 0 Å². The highest BCUT2D eigenvalue weighted by molar-refractivity contribution is 8.02. The number of benzene rings is 2. The highest BCUT2D eigenvalue weighted by Crippen LogP contribution is 2.33. The maximum Gasteiger partial charge on any atom is 0.217 e.